The van der Waals surface area contributed by atoms with Crippen LogP contribution in [0, 0.1) is 5.92 Å². The zero-order valence-electron chi connectivity index (χ0n) is 16.8. The number of likely N-dealkylation sites (tertiary alicyclic amines) is 1. The van der Waals surface area contributed by atoms with Crippen molar-refractivity contribution in [1.82, 2.24) is 19.7 Å². The van der Waals surface area contributed by atoms with E-state index in [-0.39, 0.29) is 12.5 Å². The van der Waals surface area contributed by atoms with Crippen molar-refractivity contribution in [2.24, 2.45) is 5.92 Å². The number of amides is 1. The molecule has 0 spiro atoms. The number of aliphatic hydroxyl groups excluding tert-OH is 1. The highest BCUT2D eigenvalue weighted by atomic mass is 16.3. The Labute approximate surface area is 167 Å². The summed E-state index contributed by atoms with van der Waals surface area (Å²) in [5.74, 6) is 0.527. The van der Waals surface area contributed by atoms with Crippen LogP contribution in [-0.4, -0.2) is 89.7 Å². The van der Waals surface area contributed by atoms with Crippen LogP contribution < -0.4 is 0 Å². The number of carbonyl (C=O) groups excluding carboxylic acids is 1. The third-order valence-corrected chi connectivity index (χ3v) is 6.48. The van der Waals surface area contributed by atoms with Gasteiger partial charge in [-0.05, 0) is 44.4 Å². The van der Waals surface area contributed by atoms with Gasteiger partial charge < -0.3 is 19.9 Å². The van der Waals surface area contributed by atoms with Gasteiger partial charge in [0, 0.05) is 62.8 Å². The molecule has 0 bridgehead atoms. The fourth-order valence-corrected chi connectivity index (χ4v) is 4.83. The molecule has 0 aliphatic carbocycles. The quantitative estimate of drug-likeness (QED) is 0.828. The lowest BCUT2D eigenvalue weighted by Crippen LogP contribution is -2.57. The van der Waals surface area contributed by atoms with Gasteiger partial charge in [-0.15, -0.1) is 0 Å². The topological polar surface area (TPSA) is 62.8 Å². The van der Waals surface area contributed by atoms with Gasteiger partial charge in [-0.2, -0.15) is 0 Å². The molecule has 0 saturated carbocycles. The zero-order chi connectivity index (χ0) is 19.5. The van der Waals surface area contributed by atoms with Crippen molar-refractivity contribution < 1.29 is 9.90 Å². The Kier molecular flexibility index (Phi) is 5.99. The normalized spacial score (nSPS) is 24.7. The standard InChI is InChI=1S/C22H32N4O2/c1-24-10-12-25(13-11-24)21-8-9-26(16-18(21)6-4-14-27)22(28)20-15-17-5-2-3-7-19(17)23-20/h2-3,5,7,15,18,21,23,27H,4,6,8-14,16H2,1H3/t18-,21+/m0/s1. The van der Waals surface area contributed by atoms with Crippen LogP contribution >= 0.6 is 0 Å². The number of aromatic nitrogens is 1. The Hall–Kier alpha value is -1.89. The maximum Gasteiger partial charge on any atom is 0.270 e. The number of piperazine rings is 1. The second-order valence-corrected chi connectivity index (χ2v) is 8.34. The molecule has 2 saturated heterocycles. The maximum atomic E-state index is 13.1. The highest BCUT2D eigenvalue weighted by Gasteiger charge is 2.36. The lowest BCUT2D eigenvalue weighted by molar-refractivity contribution is 0.0216. The van der Waals surface area contributed by atoms with E-state index >= 15 is 0 Å². The summed E-state index contributed by atoms with van der Waals surface area (Å²) in [5, 5.41) is 10.4. The summed E-state index contributed by atoms with van der Waals surface area (Å²) >= 11 is 0. The number of H-pyrrole nitrogens is 1. The van der Waals surface area contributed by atoms with Gasteiger partial charge in [-0.3, -0.25) is 9.69 Å². The fourth-order valence-electron chi connectivity index (χ4n) is 4.83. The van der Waals surface area contributed by atoms with Crippen LogP contribution in [0.4, 0.5) is 0 Å². The monoisotopic (exact) mass is 384 g/mol. The lowest BCUT2D eigenvalue weighted by Gasteiger charge is -2.46. The van der Waals surface area contributed by atoms with Crippen LogP contribution in [0.25, 0.3) is 10.9 Å². The molecule has 2 aliphatic heterocycles. The van der Waals surface area contributed by atoms with Crippen molar-refractivity contribution in [2.45, 2.75) is 25.3 Å². The van der Waals surface area contributed by atoms with Crippen LogP contribution in [0.2, 0.25) is 0 Å². The van der Waals surface area contributed by atoms with Gasteiger partial charge in [0.05, 0.1) is 0 Å². The van der Waals surface area contributed by atoms with Crippen LogP contribution in [0.15, 0.2) is 30.3 Å². The Morgan fingerprint density at radius 3 is 2.71 bits per heavy atom. The summed E-state index contributed by atoms with van der Waals surface area (Å²) in [6.45, 7) is 6.25. The van der Waals surface area contributed by atoms with Crippen molar-refractivity contribution >= 4 is 16.8 Å². The molecule has 152 valence electrons. The molecule has 0 unspecified atom stereocenters. The van der Waals surface area contributed by atoms with Crippen LogP contribution in [-0.2, 0) is 0 Å². The summed E-state index contributed by atoms with van der Waals surface area (Å²) in [5.41, 5.74) is 1.69. The number of hydrogen-bond donors (Lipinski definition) is 2. The number of rotatable bonds is 5. The largest absolute Gasteiger partial charge is 0.396 e. The second-order valence-electron chi connectivity index (χ2n) is 8.34. The van der Waals surface area contributed by atoms with E-state index in [1.807, 2.05) is 35.2 Å². The van der Waals surface area contributed by atoms with E-state index in [2.05, 4.69) is 21.8 Å². The van der Waals surface area contributed by atoms with Crippen LogP contribution in [0.1, 0.15) is 29.8 Å². The molecule has 2 aromatic rings. The average molecular weight is 385 g/mol. The molecule has 0 radical (unpaired) electrons. The highest BCUT2D eigenvalue weighted by Crippen LogP contribution is 2.28. The molecule has 2 aliphatic rings. The first-order valence-electron chi connectivity index (χ1n) is 10.6. The Balaban J connectivity index is 1.46. The highest BCUT2D eigenvalue weighted by molar-refractivity contribution is 5.98. The number of fused-ring (bicyclic) bond motifs is 1. The number of nitrogens with one attached hydrogen (secondary N) is 1. The number of aromatic amines is 1. The van der Waals surface area contributed by atoms with Gasteiger partial charge in [0.25, 0.3) is 5.91 Å². The Morgan fingerprint density at radius 1 is 1.18 bits per heavy atom. The van der Waals surface area contributed by atoms with Crippen LogP contribution in [0.3, 0.4) is 0 Å². The molecule has 6 nitrogen and oxygen atoms in total. The van der Waals surface area contributed by atoms with E-state index in [1.165, 1.54) is 0 Å². The molecule has 4 rings (SSSR count). The van der Waals surface area contributed by atoms with Gasteiger partial charge >= 0.3 is 0 Å². The van der Waals surface area contributed by atoms with E-state index in [0.717, 1.165) is 69.4 Å². The van der Waals surface area contributed by atoms with Crippen molar-refractivity contribution in [1.29, 1.82) is 0 Å². The maximum absolute atomic E-state index is 13.1. The molecular formula is C22H32N4O2. The first-order chi connectivity index (χ1) is 13.7. The number of piperidine rings is 1. The Bertz CT molecular complexity index is 764. The molecule has 2 fully saturated rings. The number of likely N-dealkylation sites (N-methyl/N-ethyl adjacent to an activating group) is 1. The molecule has 28 heavy (non-hydrogen) atoms. The lowest BCUT2D eigenvalue weighted by atomic mass is 9.86. The summed E-state index contributed by atoms with van der Waals surface area (Å²) in [6, 6.07) is 10.5. The van der Waals surface area contributed by atoms with Crippen molar-refractivity contribution in [2.75, 3.05) is 52.9 Å². The number of carbonyl (C=O) groups is 1. The van der Waals surface area contributed by atoms with Gasteiger partial charge in [-0.1, -0.05) is 18.2 Å². The van der Waals surface area contributed by atoms with Gasteiger partial charge in [-0.25, -0.2) is 0 Å². The molecule has 3 heterocycles. The first-order valence-corrected chi connectivity index (χ1v) is 10.6. The summed E-state index contributed by atoms with van der Waals surface area (Å²) in [6.07, 6.45) is 2.80. The Morgan fingerprint density at radius 2 is 1.96 bits per heavy atom. The molecular weight excluding hydrogens is 352 g/mol. The number of nitrogens with zero attached hydrogens (tertiary/aromatic N) is 3. The number of hydrogen-bond acceptors (Lipinski definition) is 4. The molecule has 2 N–H and O–H groups in total. The number of para-hydroxylation sites is 1. The predicted molar refractivity (Wildman–Crippen MR) is 111 cm³/mol. The van der Waals surface area contributed by atoms with Gasteiger partial charge in [0.2, 0.25) is 0 Å². The summed E-state index contributed by atoms with van der Waals surface area (Å²) < 4.78 is 0. The SMILES string of the molecule is CN1CCN([C@@H]2CCN(C(=O)c3cc4ccccc4[nH]3)C[C@@H]2CCCO)CC1. The minimum absolute atomic E-state index is 0.0991. The van der Waals surface area contributed by atoms with Crippen molar-refractivity contribution in [3.05, 3.63) is 36.0 Å². The zero-order valence-corrected chi connectivity index (χ0v) is 16.8. The summed E-state index contributed by atoms with van der Waals surface area (Å²) in [7, 11) is 2.18. The summed E-state index contributed by atoms with van der Waals surface area (Å²) in [4.78, 5) is 23.4. The van der Waals surface area contributed by atoms with Crippen LogP contribution in [0.5, 0.6) is 0 Å². The molecule has 1 aromatic carbocycles. The average Bonchev–Trinajstić information content (AvgIpc) is 3.16. The van der Waals surface area contributed by atoms with Crippen molar-refractivity contribution in [3.8, 4) is 0 Å². The third-order valence-electron chi connectivity index (χ3n) is 6.48. The smallest absolute Gasteiger partial charge is 0.270 e. The molecule has 1 amide bonds. The first kappa shape index (κ1) is 19.4. The van der Waals surface area contributed by atoms with E-state index in [1.54, 1.807) is 0 Å². The molecule has 1 aromatic heterocycles. The molecule has 2 atom stereocenters. The number of aliphatic hydroxyl groups is 1. The van der Waals surface area contributed by atoms with Crippen molar-refractivity contribution in [3.63, 3.8) is 0 Å². The minimum atomic E-state index is 0.0991. The fraction of sp³-hybridized carbons (Fsp3) is 0.591. The van der Waals surface area contributed by atoms with Gasteiger partial charge in [0.15, 0.2) is 0 Å². The third kappa shape index (κ3) is 4.09. The second kappa shape index (κ2) is 8.64. The predicted octanol–water partition coefficient (Wildman–Crippen LogP) is 2.02. The minimum Gasteiger partial charge on any atom is -0.396 e. The molecule has 6 heteroatoms. The van der Waals surface area contributed by atoms with E-state index in [9.17, 15) is 9.90 Å². The van der Waals surface area contributed by atoms with E-state index < -0.39 is 0 Å². The van der Waals surface area contributed by atoms with E-state index in [4.69, 9.17) is 0 Å². The number of benzene rings is 1. The van der Waals surface area contributed by atoms with E-state index in [0.29, 0.717) is 17.7 Å². The van der Waals surface area contributed by atoms with Gasteiger partial charge in [0.1, 0.15) is 5.69 Å².